The molecule has 4 atom stereocenters. The molecular formula is C15H18N2O6. The van der Waals surface area contributed by atoms with Gasteiger partial charge in [-0.15, -0.1) is 0 Å². The van der Waals surface area contributed by atoms with E-state index in [-0.39, 0.29) is 18.1 Å². The Hall–Kier alpha value is -2.18. The van der Waals surface area contributed by atoms with Crippen LogP contribution in [0.1, 0.15) is 18.9 Å². The number of rotatable bonds is 4. The second-order valence-corrected chi connectivity index (χ2v) is 5.20. The van der Waals surface area contributed by atoms with Crippen LogP contribution < -0.4 is 10.1 Å². The highest BCUT2D eigenvalue weighted by molar-refractivity contribution is 5.90. The maximum Gasteiger partial charge on any atom is 0.221 e. The summed E-state index contributed by atoms with van der Waals surface area (Å²) in [5.41, 5.74) is 0.635. The molecule has 1 fully saturated rings. The van der Waals surface area contributed by atoms with Gasteiger partial charge in [-0.05, 0) is 18.2 Å². The van der Waals surface area contributed by atoms with Crippen molar-refractivity contribution in [2.75, 3.05) is 11.9 Å². The zero-order valence-electron chi connectivity index (χ0n) is 12.5. The minimum Gasteiger partial charge on any atom is -0.463 e. The number of anilines is 1. The predicted octanol–water partition coefficient (Wildman–Crippen LogP) is -0.275. The standard InChI is InChI=1S/C15H18N2O6/c1-8(19)17-10-4-9(6-16)2-3-12(10)22-14-5-11(20)15(21)13(7-18)23-14/h2-4,11,13-15,18,20-21H,5,7H2,1H3,(H,17,19)/t11-,13-,14-,15-/m1/s1. The fraction of sp³-hybridized carbons (Fsp3) is 0.467. The van der Waals surface area contributed by atoms with Crippen LogP contribution in [0.5, 0.6) is 5.75 Å². The number of benzene rings is 1. The first-order valence-electron chi connectivity index (χ1n) is 7.05. The van der Waals surface area contributed by atoms with Crippen LogP contribution in [0, 0.1) is 11.3 Å². The van der Waals surface area contributed by atoms with Crippen LogP contribution in [-0.2, 0) is 9.53 Å². The van der Waals surface area contributed by atoms with Crippen LogP contribution in [-0.4, -0.2) is 52.4 Å². The van der Waals surface area contributed by atoms with E-state index in [0.717, 1.165) is 0 Å². The minimum absolute atomic E-state index is 0.00280. The van der Waals surface area contributed by atoms with Gasteiger partial charge in [0.2, 0.25) is 12.2 Å². The third-order valence-electron chi connectivity index (χ3n) is 3.39. The summed E-state index contributed by atoms with van der Waals surface area (Å²) in [4.78, 5) is 11.3. The van der Waals surface area contributed by atoms with E-state index in [0.29, 0.717) is 11.3 Å². The number of nitrogens with zero attached hydrogens (tertiary/aromatic N) is 1. The van der Waals surface area contributed by atoms with Crippen molar-refractivity contribution in [2.24, 2.45) is 0 Å². The minimum atomic E-state index is -1.20. The van der Waals surface area contributed by atoms with Crippen molar-refractivity contribution >= 4 is 11.6 Å². The molecule has 2 rings (SSSR count). The van der Waals surface area contributed by atoms with Crippen LogP contribution in [0.4, 0.5) is 5.69 Å². The lowest BCUT2D eigenvalue weighted by Gasteiger charge is -2.36. The number of aliphatic hydroxyl groups is 3. The first-order valence-corrected chi connectivity index (χ1v) is 7.05. The van der Waals surface area contributed by atoms with Gasteiger partial charge in [0.25, 0.3) is 0 Å². The van der Waals surface area contributed by atoms with E-state index in [2.05, 4.69) is 5.32 Å². The summed E-state index contributed by atoms with van der Waals surface area (Å²) >= 11 is 0. The van der Waals surface area contributed by atoms with Crippen molar-refractivity contribution in [2.45, 2.75) is 37.9 Å². The van der Waals surface area contributed by atoms with Crippen LogP contribution in [0.15, 0.2) is 18.2 Å². The first-order chi connectivity index (χ1) is 10.9. The van der Waals surface area contributed by atoms with Crippen molar-refractivity contribution in [3.05, 3.63) is 23.8 Å². The van der Waals surface area contributed by atoms with E-state index < -0.39 is 31.2 Å². The molecule has 0 spiro atoms. The average molecular weight is 322 g/mol. The molecule has 1 aromatic rings. The number of carbonyl (C=O) groups excluding carboxylic acids is 1. The van der Waals surface area contributed by atoms with Crippen LogP contribution in [0.2, 0.25) is 0 Å². The zero-order chi connectivity index (χ0) is 17.0. The molecule has 124 valence electrons. The van der Waals surface area contributed by atoms with E-state index in [1.165, 1.54) is 25.1 Å². The van der Waals surface area contributed by atoms with E-state index in [9.17, 15) is 15.0 Å². The van der Waals surface area contributed by atoms with Gasteiger partial charge in [0, 0.05) is 13.3 Å². The summed E-state index contributed by atoms with van der Waals surface area (Å²) < 4.78 is 11.0. The second kappa shape index (κ2) is 7.39. The van der Waals surface area contributed by atoms with Gasteiger partial charge < -0.3 is 30.1 Å². The molecule has 1 aliphatic rings. The lowest BCUT2D eigenvalue weighted by atomic mass is 10.0. The largest absolute Gasteiger partial charge is 0.463 e. The summed E-state index contributed by atoms with van der Waals surface area (Å²) in [6, 6.07) is 6.42. The third-order valence-corrected chi connectivity index (χ3v) is 3.39. The van der Waals surface area contributed by atoms with Gasteiger partial charge in [0.15, 0.2) is 0 Å². The molecule has 8 heteroatoms. The van der Waals surface area contributed by atoms with Gasteiger partial charge in [-0.3, -0.25) is 4.79 Å². The van der Waals surface area contributed by atoms with Crippen molar-refractivity contribution in [3.8, 4) is 11.8 Å². The maximum atomic E-state index is 11.3. The highest BCUT2D eigenvalue weighted by atomic mass is 16.7. The van der Waals surface area contributed by atoms with Gasteiger partial charge in [-0.1, -0.05) is 0 Å². The van der Waals surface area contributed by atoms with Crippen molar-refractivity contribution in [3.63, 3.8) is 0 Å². The fourth-order valence-corrected chi connectivity index (χ4v) is 2.27. The molecule has 0 aliphatic carbocycles. The number of carbonyl (C=O) groups is 1. The van der Waals surface area contributed by atoms with Crippen LogP contribution in [0.25, 0.3) is 0 Å². The molecule has 1 amide bonds. The van der Waals surface area contributed by atoms with E-state index in [1.54, 1.807) is 0 Å². The molecule has 1 heterocycles. The van der Waals surface area contributed by atoms with E-state index in [1.807, 2.05) is 6.07 Å². The Morgan fingerprint density at radius 3 is 2.87 bits per heavy atom. The molecule has 1 aliphatic heterocycles. The SMILES string of the molecule is CC(=O)Nc1cc(C#N)ccc1O[C@H]1C[C@@H](O)[C@@H](O)[C@@H](CO)O1. The summed E-state index contributed by atoms with van der Waals surface area (Å²) in [6.45, 7) is 0.853. The summed E-state index contributed by atoms with van der Waals surface area (Å²) in [7, 11) is 0. The highest BCUT2D eigenvalue weighted by Gasteiger charge is 2.37. The molecule has 0 unspecified atom stereocenters. The van der Waals surface area contributed by atoms with Gasteiger partial charge in [-0.2, -0.15) is 5.26 Å². The molecular weight excluding hydrogens is 304 g/mol. The average Bonchev–Trinajstić information content (AvgIpc) is 2.51. The third kappa shape index (κ3) is 4.18. The summed E-state index contributed by atoms with van der Waals surface area (Å²) in [6.07, 6.45) is -4.18. The number of nitriles is 1. The molecule has 23 heavy (non-hydrogen) atoms. The summed E-state index contributed by atoms with van der Waals surface area (Å²) in [5.74, 6) is -0.0809. The van der Waals surface area contributed by atoms with Gasteiger partial charge in [0.05, 0.1) is 30.0 Å². The zero-order valence-corrected chi connectivity index (χ0v) is 12.5. The Morgan fingerprint density at radius 1 is 1.52 bits per heavy atom. The molecule has 1 saturated heterocycles. The van der Waals surface area contributed by atoms with Gasteiger partial charge >= 0.3 is 0 Å². The van der Waals surface area contributed by atoms with Crippen LogP contribution in [0.3, 0.4) is 0 Å². The molecule has 0 bridgehead atoms. The maximum absolute atomic E-state index is 11.3. The Balaban J connectivity index is 2.19. The Bertz CT molecular complexity index is 614. The van der Waals surface area contributed by atoms with Crippen LogP contribution >= 0.6 is 0 Å². The molecule has 8 nitrogen and oxygen atoms in total. The monoisotopic (exact) mass is 322 g/mol. The lowest BCUT2D eigenvalue weighted by Crippen LogP contribution is -2.51. The number of aliphatic hydroxyl groups excluding tert-OH is 3. The molecule has 0 aromatic heterocycles. The summed E-state index contributed by atoms with van der Waals surface area (Å²) in [5, 5.41) is 40.1. The second-order valence-electron chi connectivity index (χ2n) is 5.20. The number of hydrogen-bond acceptors (Lipinski definition) is 7. The smallest absolute Gasteiger partial charge is 0.221 e. The lowest BCUT2D eigenvalue weighted by molar-refractivity contribution is -0.229. The number of hydrogen-bond donors (Lipinski definition) is 4. The Kier molecular flexibility index (Phi) is 5.52. The van der Waals surface area contributed by atoms with Gasteiger partial charge in [-0.25, -0.2) is 0 Å². The van der Waals surface area contributed by atoms with Gasteiger partial charge in [0.1, 0.15) is 18.0 Å². The Morgan fingerprint density at radius 2 is 2.26 bits per heavy atom. The van der Waals surface area contributed by atoms with Crippen molar-refractivity contribution in [1.29, 1.82) is 5.26 Å². The molecule has 0 saturated carbocycles. The van der Waals surface area contributed by atoms with E-state index in [4.69, 9.17) is 19.8 Å². The fourth-order valence-electron chi connectivity index (χ4n) is 2.27. The predicted molar refractivity (Wildman–Crippen MR) is 78.5 cm³/mol. The molecule has 1 aromatic carbocycles. The normalized spacial score (nSPS) is 27.1. The molecule has 4 N–H and O–H groups in total. The van der Waals surface area contributed by atoms with Crippen molar-refractivity contribution < 1.29 is 29.6 Å². The van der Waals surface area contributed by atoms with E-state index >= 15 is 0 Å². The topological polar surface area (TPSA) is 132 Å². The highest BCUT2D eigenvalue weighted by Crippen LogP contribution is 2.30. The quantitative estimate of drug-likeness (QED) is 0.599. The van der Waals surface area contributed by atoms with Crippen molar-refractivity contribution in [1.82, 2.24) is 0 Å². The number of ether oxygens (including phenoxy) is 2. The molecule has 0 radical (unpaired) electrons. The Labute approximate surface area is 132 Å². The first kappa shape index (κ1) is 17.2. The number of nitrogens with one attached hydrogen (secondary N) is 1. The number of amides is 1.